The van der Waals surface area contributed by atoms with E-state index in [1.165, 1.54) is 0 Å². The first-order chi connectivity index (χ1) is 13.4. The van der Waals surface area contributed by atoms with Crippen LogP contribution in [0.2, 0.25) is 0 Å². The normalized spacial score (nSPS) is 14.1. The van der Waals surface area contributed by atoms with Crippen LogP contribution in [-0.4, -0.2) is 43.1 Å². The Labute approximate surface area is 190 Å². The van der Waals surface area contributed by atoms with Gasteiger partial charge in [0.25, 0.3) is 0 Å². The van der Waals surface area contributed by atoms with Crippen LogP contribution < -0.4 is 29.6 Å². The Morgan fingerprint density at radius 1 is 0.871 bits per heavy atom. The standard InChI is InChI=1S/C16H10F10O3S.Na/c17-12(18)14(21,22)16(25,26)15(23,24)13(19,20)7-9-3-1-2-8-6-10(30(27,28)29)4-5-11(8)9;/h1-6,12H,7H2,(H,27,28,29);/q;+1/p-1. The summed E-state index contributed by atoms with van der Waals surface area (Å²) < 4.78 is 165. The minimum atomic E-state index is -7.11. The van der Waals surface area contributed by atoms with Crippen LogP contribution in [0.4, 0.5) is 43.9 Å². The van der Waals surface area contributed by atoms with E-state index >= 15 is 0 Å². The maximum Gasteiger partial charge on any atom is 1.00 e. The van der Waals surface area contributed by atoms with E-state index in [1.54, 1.807) is 0 Å². The summed E-state index contributed by atoms with van der Waals surface area (Å²) in [5.74, 6) is -26.7. The second-order valence-corrected chi connectivity index (χ2v) is 7.59. The molecule has 2 rings (SSSR count). The fourth-order valence-corrected chi connectivity index (χ4v) is 3.07. The molecule has 0 atom stereocenters. The second-order valence-electron chi connectivity index (χ2n) is 6.21. The van der Waals surface area contributed by atoms with Crippen LogP contribution in [0.15, 0.2) is 41.3 Å². The molecule has 0 aliphatic carbocycles. The monoisotopic (exact) mass is 494 g/mol. The number of rotatable bonds is 7. The number of hydrogen-bond acceptors (Lipinski definition) is 3. The predicted molar refractivity (Wildman–Crippen MR) is 81.4 cm³/mol. The van der Waals surface area contributed by atoms with Gasteiger partial charge in [-0.05, 0) is 28.5 Å². The average molecular weight is 494 g/mol. The first kappa shape index (κ1) is 27.9. The largest absolute Gasteiger partial charge is 1.00 e. The molecule has 0 spiro atoms. The van der Waals surface area contributed by atoms with Crippen molar-refractivity contribution in [2.45, 2.75) is 41.4 Å². The Morgan fingerprint density at radius 2 is 1.42 bits per heavy atom. The molecule has 2 aromatic rings. The molecule has 15 heteroatoms. The topological polar surface area (TPSA) is 57.2 Å². The summed E-state index contributed by atoms with van der Waals surface area (Å²) in [4.78, 5) is -0.813. The van der Waals surface area contributed by atoms with Gasteiger partial charge in [0, 0.05) is 6.42 Å². The van der Waals surface area contributed by atoms with Gasteiger partial charge in [0.05, 0.1) is 4.90 Å². The molecule has 0 aromatic heterocycles. The van der Waals surface area contributed by atoms with Crippen LogP contribution in [0.3, 0.4) is 0 Å². The maximum atomic E-state index is 14.0. The fourth-order valence-electron chi connectivity index (χ4n) is 2.56. The Morgan fingerprint density at radius 3 is 1.90 bits per heavy atom. The molecule has 2 aromatic carbocycles. The van der Waals surface area contributed by atoms with Crippen molar-refractivity contribution in [3.8, 4) is 0 Å². The molecule has 0 amide bonds. The second kappa shape index (κ2) is 8.69. The van der Waals surface area contributed by atoms with Crippen molar-refractivity contribution < 1.29 is 86.4 Å². The van der Waals surface area contributed by atoms with Gasteiger partial charge >= 0.3 is 59.7 Å². The van der Waals surface area contributed by atoms with Gasteiger partial charge in [-0.1, -0.05) is 24.3 Å². The molecule has 168 valence electrons. The van der Waals surface area contributed by atoms with Gasteiger partial charge in [-0.15, -0.1) is 0 Å². The van der Waals surface area contributed by atoms with E-state index in [-0.39, 0.29) is 40.3 Å². The summed E-state index contributed by atoms with van der Waals surface area (Å²) in [7, 11) is -4.98. The van der Waals surface area contributed by atoms with Crippen LogP contribution in [0, 0.1) is 0 Å². The van der Waals surface area contributed by atoms with Crippen LogP contribution in [-0.2, 0) is 16.5 Å². The maximum absolute atomic E-state index is 14.0. The van der Waals surface area contributed by atoms with E-state index in [1.807, 2.05) is 0 Å². The molecule has 0 aliphatic heterocycles. The van der Waals surface area contributed by atoms with Crippen LogP contribution in [0.5, 0.6) is 0 Å². The Balaban J connectivity index is 0.00000480. The van der Waals surface area contributed by atoms with Gasteiger partial charge in [-0.25, -0.2) is 17.2 Å². The molecule has 0 saturated carbocycles. The van der Waals surface area contributed by atoms with Crippen molar-refractivity contribution in [1.29, 1.82) is 0 Å². The van der Waals surface area contributed by atoms with Gasteiger partial charge in [0.15, 0.2) is 0 Å². The molecule has 0 bridgehead atoms. The van der Waals surface area contributed by atoms with Gasteiger partial charge in [0.1, 0.15) is 10.1 Å². The first-order valence-corrected chi connectivity index (χ1v) is 9.04. The first-order valence-electron chi connectivity index (χ1n) is 7.63. The van der Waals surface area contributed by atoms with Gasteiger partial charge in [-0.3, -0.25) is 0 Å². The van der Waals surface area contributed by atoms with Crippen molar-refractivity contribution >= 4 is 20.9 Å². The van der Waals surface area contributed by atoms with E-state index in [9.17, 15) is 56.9 Å². The molecule has 0 N–H and O–H groups in total. The minimum absolute atomic E-state index is 0. The number of halogens is 10. The number of fused-ring (bicyclic) bond motifs is 1. The predicted octanol–water partition coefficient (Wildman–Crippen LogP) is 2.10. The van der Waals surface area contributed by atoms with Crippen molar-refractivity contribution in [3.05, 3.63) is 42.0 Å². The van der Waals surface area contributed by atoms with Crippen molar-refractivity contribution in [1.82, 2.24) is 0 Å². The molecule has 3 nitrogen and oxygen atoms in total. The summed E-state index contributed by atoms with van der Waals surface area (Å²) in [5.41, 5.74) is -0.816. The summed E-state index contributed by atoms with van der Waals surface area (Å²) in [6.07, 6.45) is -7.63. The Kier molecular flexibility index (Phi) is 7.83. The zero-order valence-electron chi connectivity index (χ0n) is 15.2. The molecule has 31 heavy (non-hydrogen) atoms. The molecule has 0 unspecified atom stereocenters. The van der Waals surface area contributed by atoms with Crippen LogP contribution in [0.1, 0.15) is 5.56 Å². The summed E-state index contributed by atoms with van der Waals surface area (Å²) in [6.45, 7) is 0. The minimum Gasteiger partial charge on any atom is -0.744 e. The molecular weight excluding hydrogens is 485 g/mol. The molecular formula is C16H9F10NaO3S. The third-order valence-corrected chi connectivity index (χ3v) is 5.02. The summed E-state index contributed by atoms with van der Waals surface area (Å²) in [5, 5.41) is -0.627. The van der Waals surface area contributed by atoms with Gasteiger partial charge in [-0.2, -0.15) is 35.1 Å². The number of benzene rings is 2. The van der Waals surface area contributed by atoms with Crippen LogP contribution >= 0.6 is 0 Å². The molecule has 0 heterocycles. The van der Waals surface area contributed by atoms with Crippen LogP contribution in [0.25, 0.3) is 10.8 Å². The van der Waals surface area contributed by atoms with E-state index in [0.717, 1.165) is 24.3 Å². The van der Waals surface area contributed by atoms with E-state index in [4.69, 9.17) is 0 Å². The SMILES string of the molecule is O=S(=O)([O-])c1ccc2c(CC(F)(F)C(F)(F)C(F)(F)C(F)(F)C(F)F)cccc2c1.[Na+]. The van der Waals surface area contributed by atoms with Gasteiger partial charge in [0.2, 0.25) is 0 Å². The molecule has 0 aliphatic rings. The van der Waals surface area contributed by atoms with Crippen molar-refractivity contribution in [2.75, 3.05) is 0 Å². The Bertz CT molecular complexity index is 1060. The smallest absolute Gasteiger partial charge is 0.744 e. The number of alkyl halides is 10. The fraction of sp³-hybridized carbons (Fsp3) is 0.375. The van der Waals surface area contributed by atoms with E-state index in [0.29, 0.717) is 12.1 Å². The quantitative estimate of drug-likeness (QED) is 0.337. The molecule has 0 radical (unpaired) electrons. The van der Waals surface area contributed by atoms with Crippen molar-refractivity contribution in [2.24, 2.45) is 0 Å². The average Bonchev–Trinajstić information content (AvgIpc) is 2.59. The van der Waals surface area contributed by atoms with E-state index in [2.05, 4.69) is 0 Å². The summed E-state index contributed by atoms with van der Waals surface area (Å²) in [6, 6.07) is 4.78. The third-order valence-electron chi connectivity index (χ3n) is 4.19. The number of hydrogen-bond donors (Lipinski definition) is 0. The Hall–Kier alpha value is -1.09. The zero-order chi connectivity index (χ0) is 23.3. The molecule has 0 saturated heterocycles. The van der Waals surface area contributed by atoms with Crippen molar-refractivity contribution in [3.63, 3.8) is 0 Å². The van der Waals surface area contributed by atoms with E-state index < -0.39 is 57.1 Å². The summed E-state index contributed by atoms with van der Waals surface area (Å²) >= 11 is 0. The zero-order valence-corrected chi connectivity index (χ0v) is 18.0. The third kappa shape index (κ3) is 4.82. The van der Waals surface area contributed by atoms with Gasteiger partial charge < -0.3 is 4.55 Å². The molecule has 0 fully saturated rings.